The first-order valence-electron chi connectivity index (χ1n) is 4.33. The zero-order valence-corrected chi connectivity index (χ0v) is 9.12. The van der Waals surface area contributed by atoms with Crippen LogP contribution in [0.15, 0.2) is 6.20 Å². The number of nitrogens with one attached hydrogen (secondary N) is 1. The number of carbonyl (C=O) groups excluding carboxylic acids is 1. The van der Waals surface area contributed by atoms with Gasteiger partial charge in [0, 0.05) is 13.1 Å². The van der Waals surface area contributed by atoms with Crippen molar-refractivity contribution in [1.82, 2.24) is 20.3 Å². The highest BCUT2D eigenvalue weighted by Crippen LogP contribution is 2.18. The summed E-state index contributed by atoms with van der Waals surface area (Å²) >= 11 is 5.85. The normalized spacial score (nSPS) is 12.9. The highest BCUT2D eigenvalue weighted by atomic mass is 35.5. The molecule has 1 atom stereocenters. The third-order valence-corrected chi connectivity index (χ3v) is 2.22. The topological polar surface area (TPSA) is 59.8 Å². The van der Waals surface area contributed by atoms with Gasteiger partial charge in [-0.15, -0.1) is 16.7 Å². The van der Waals surface area contributed by atoms with E-state index in [1.807, 2.05) is 13.8 Å². The maximum Gasteiger partial charge on any atom is 0.244 e. The van der Waals surface area contributed by atoms with Crippen LogP contribution in [0.5, 0.6) is 0 Å². The van der Waals surface area contributed by atoms with Crippen molar-refractivity contribution in [2.45, 2.75) is 25.3 Å². The third-order valence-electron chi connectivity index (χ3n) is 1.79. The van der Waals surface area contributed by atoms with Gasteiger partial charge in [-0.3, -0.25) is 4.79 Å². The minimum atomic E-state index is -0.771. The minimum absolute atomic E-state index is 0.213. The number of halogens is 1. The monoisotopic (exact) mass is 216 g/mol. The summed E-state index contributed by atoms with van der Waals surface area (Å²) in [7, 11) is 1.53. The summed E-state index contributed by atoms with van der Waals surface area (Å²) in [5.41, 5.74) is 0.472. The number of aromatic nitrogens is 3. The molecule has 6 heteroatoms. The molecule has 0 aliphatic heterocycles. The Kier molecular flexibility index (Phi) is 3.46. The van der Waals surface area contributed by atoms with Crippen LogP contribution in [0, 0.1) is 0 Å². The molecular formula is C8H13ClN4O. The molecule has 0 radical (unpaired) electrons. The first-order valence-corrected chi connectivity index (χ1v) is 4.77. The lowest BCUT2D eigenvalue weighted by Crippen LogP contribution is -2.22. The highest BCUT2D eigenvalue weighted by molar-refractivity contribution is 6.30. The van der Waals surface area contributed by atoms with Crippen LogP contribution >= 0.6 is 11.6 Å². The van der Waals surface area contributed by atoms with Crippen LogP contribution < -0.4 is 5.32 Å². The van der Waals surface area contributed by atoms with Gasteiger partial charge in [0.05, 0.1) is 6.20 Å². The maximum atomic E-state index is 11.2. The second kappa shape index (κ2) is 4.41. The van der Waals surface area contributed by atoms with Gasteiger partial charge in [0.15, 0.2) is 5.38 Å². The first kappa shape index (κ1) is 11.0. The summed E-state index contributed by atoms with van der Waals surface area (Å²) in [5, 5.41) is 9.37. The number of amides is 1. The second-order valence-electron chi connectivity index (χ2n) is 3.19. The zero-order chi connectivity index (χ0) is 10.7. The van der Waals surface area contributed by atoms with Gasteiger partial charge >= 0.3 is 0 Å². The zero-order valence-electron chi connectivity index (χ0n) is 8.36. The van der Waals surface area contributed by atoms with E-state index < -0.39 is 5.38 Å². The van der Waals surface area contributed by atoms with Crippen LogP contribution in [-0.4, -0.2) is 27.9 Å². The van der Waals surface area contributed by atoms with Crippen molar-refractivity contribution in [3.63, 3.8) is 0 Å². The molecule has 1 aromatic heterocycles. The van der Waals surface area contributed by atoms with Crippen molar-refractivity contribution in [2.75, 3.05) is 7.05 Å². The van der Waals surface area contributed by atoms with Crippen molar-refractivity contribution < 1.29 is 4.79 Å². The number of rotatable bonds is 3. The minimum Gasteiger partial charge on any atom is -0.358 e. The Morgan fingerprint density at radius 1 is 1.64 bits per heavy atom. The number of hydrogen-bond acceptors (Lipinski definition) is 3. The summed E-state index contributed by atoms with van der Waals surface area (Å²) in [6.45, 7) is 3.95. The smallest absolute Gasteiger partial charge is 0.244 e. The van der Waals surface area contributed by atoms with Gasteiger partial charge in [0.25, 0.3) is 0 Å². The number of carbonyl (C=O) groups is 1. The average molecular weight is 217 g/mol. The van der Waals surface area contributed by atoms with Gasteiger partial charge in [-0.25, -0.2) is 4.68 Å². The Morgan fingerprint density at radius 2 is 2.29 bits per heavy atom. The molecule has 0 spiro atoms. The van der Waals surface area contributed by atoms with Crippen molar-refractivity contribution in [2.24, 2.45) is 0 Å². The second-order valence-corrected chi connectivity index (χ2v) is 3.63. The van der Waals surface area contributed by atoms with Gasteiger partial charge in [-0.2, -0.15) is 0 Å². The fourth-order valence-corrected chi connectivity index (χ4v) is 1.13. The summed E-state index contributed by atoms with van der Waals surface area (Å²) in [6, 6.07) is 0.213. The summed E-state index contributed by atoms with van der Waals surface area (Å²) < 4.78 is 1.66. The van der Waals surface area contributed by atoms with E-state index in [9.17, 15) is 4.79 Å². The van der Waals surface area contributed by atoms with Crippen molar-refractivity contribution in [3.05, 3.63) is 11.9 Å². The van der Waals surface area contributed by atoms with Crippen molar-refractivity contribution in [1.29, 1.82) is 0 Å². The Morgan fingerprint density at radius 3 is 2.71 bits per heavy atom. The molecule has 0 saturated heterocycles. The van der Waals surface area contributed by atoms with E-state index in [4.69, 9.17) is 11.6 Å². The molecule has 5 nitrogen and oxygen atoms in total. The molecule has 1 heterocycles. The van der Waals surface area contributed by atoms with Crippen molar-refractivity contribution >= 4 is 17.5 Å². The molecule has 14 heavy (non-hydrogen) atoms. The Hall–Kier alpha value is -1.10. The molecular weight excluding hydrogens is 204 g/mol. The quantitative estimate of drug-likeness (QED) is 0.764. The molecule has 1 rings (SSSR count). The van der Waals surface area contributed by atoms with E-state index in [-0.39, 0.29) is 11.9 Å². The molecule has 0 aliphatic rings. The number of likely N-dealkylation sites (N-methyl/N-ethyl adjacent to an activating group) is 1. The van der Waals surface area contributed by atoms with Crippen LogP contribution in [0.3, 0.4) is 0 Å². The van der Waals surface area contributed by atoms with E-state index in [2.05, 4.69) is 15.6 Å². The van der Waals surface area contributed by atoms with Gasteiger partial charge < -0.3 is 5.32 Å². The lowest BCUT2D eigenvalue weighted by Gasteiger charge is -2.03. The molecule has 0 saturated carbocycles. The largest absolute Gasteiger partial charge is 0.358 e. The van der Waals surface area contributed by atoms with Crippen LogP contribution in [0.25, 0.3) is 0 Å². The predicted octanol–water partition coefficient (Wildman–Crippen LogP) is 0.885. The fourth-order valence-electron chi connectivity index (χ4n) is 0.920. The standard InChI is InChI=1S/C8H13ClN4O/c1-5(2)13-4-6(11-12-13)7(9)8(14)10-3/h4-5,7H,1-3H3,(H,10,14). The third kappa shape index (κ3) is 2.23. The Labute approximate surface area is 87.4 Å². The summed E-state index contributed by atoms with van der Waals surface area (Å²) in [6.07, 6.45) is 1.68. The predicted molar refractivity (Wildman–Crippen MR) is 53.1 cm³/mol. The number of hydrogen-bond donors (Lipinski definition) is 1. The van der Waals surface area contributed by atoms with Crippen LogP contribution in [0.2, 0.25) is 0 Å². The van der Waals surface area contributed by atoms with Crippen molar-refractivity contribution in [3.8, 4) is 0 Å². The molecule has 1 amide bonds. The highest BCUT2D eigenvalue weighted by Gasteiger charge is 2.19. The molecule has 1 N–H and O–H groups in total. The van der Waals surface area contributed by atoms with Crippen LogP contribution in [0.4, 0.5) is 0 Å². The van der Waals surface area contributed by atoms with E-state index in [0.29, 0.717) is 5.69 Å². The molecule has 0 aromatic carbocycles. The number of nitrogens with zero attached hydrogens (tertiary/aromatic N) is 3. The molecule has 0 bridgehead atoms. The lowest BCUT2D eigenvalue weighted by molar-refractivity contribution is -0.120. The summed E-state index contributed by atoms with van der Waals surface area (Å²) in [4.78, 5) is 11.2. The van der Waals surface area contributed by atoms with E-state index in [1.54, 1.807) is 10.9 Å². The molecule has 0 aliphatic carbocycles. The molecule has 0 fully saturated rings. The van der Waals surface area contributed by atoms with Gasteiger partial charge in [0.1, 0.15) is 5.69 Å². The van der Waals surface area contributed by atoms with Crippen LogP contribution in [-0.2, 0) is 4.79 Å². The molecule has 1 unspecified atom stereocenters. The van der Waals surface area contributed by atoms with E-state index >= 15 is 0 Å². The molecule has 1 aromatic rings. The van der Waals surface area contributed by atoms with E-state index in [1.165, 1.54) is 7.05 Å². The Bertz CT molecular complexity index is 323. The Balaban J connectivity index is 2.81. The van der Waals surface area contributed by atoms with Gasteiger partial charge in [-0.05, 0) is 13.8 Å². The van der Waals surface area contributed by atoms with Gasteiger partial charge in [0.2, 0.25) is 5.91 Å². The molecule has 78 valence electrons. The fraction of sp³-hybridized carbons (Fsp3) is 0.625. The van der Waals surface area contributed by atoms with Gasteiger partial charge in [-0.1, -0.05) is 5.21 Å². The first-order chi connectivity index (χ1) is 6.56. The SMILES string of the molecule is CNC(=O)C(Cl)c1cn(C(C)C)nn1. The average Bonchev–Trinajstić information content (AvgIpc) is 2.64. The maximum absolute atomic E-state index is 11.2. The van der Waals surface area contributed by atoms with E-state index in [0.717, 1.165) is 0 Å². The lowest BCUT2D eigenvalue weighted by atomic mass is 10.3. The number of alkyl halides is 1. The van der Waals surface area contributed by atoms with Crippen LogP contribution in [0.1, 0.15) is 31.0 Å². The summed E-state index contributed by atoms with van der Waals surface area (Å²) in [5.74, 6) is -0.275.